The number of hydrogen-bond acceptors (Lipinski definition) is 5. The van der Waals surface area contributed by atoms with Crippen LogP contribution < -0.4 is 9.64 Å². The molecule has 0 aliphatic heterocycles. The molecule has 0 amide bonds. The molecule has 3 rings (SSSR count). The summed E-state index contributed by atoms with van der Waals surface area (Å²) < 4.78 is 5.76. The van der Waals surface area contributed by atoms with Crippen LogP contribution in [0.5, 0.6) is 17.4 Å². The summed E-state index contributed by atoms with van der Waals surface area (Å²) in [5.41, 5.74) is 0. The lowest BCUT2D eigenvalue weighted by molar-refractivity contribution is 0.462. The standard InChI is InChI=1S/C16H15N3O2/c1-19(2)16-17-8-7-15(18-16)21-14-6-4-11-3-5-13(20)9-12(11)10-14/h3-10,20H,1-2H3. The molecule has 0 aliphatic rings. The molecule has 0 saturated heterocycles. The Morgan fingerprint density at radius 1 is 1.00 bits per heavy atom. The Morgan fingerprint density at radius 3 is 2.62 bits per heavy atom. The molecule has 0 aliphatic carbocycles. The zero-order valence-electron chi connectivity index (χ0n) is 11.8. The summed E-state index contributed by atoms with van der Waals surface area (Å²) in [4.78, 5) is 10.3. The minimum absolute atomic E-state index is 0.233. The number of phenols is 1. The van der Waals surface area contributed by atoms with Crippen LogP contribution in [0.15, 0.2) is 48.7 Å². The van der Waals surface area contributed by atoms with Gasteiger partial charge in [0.05, 0.1) is 0 Å². The Kier molecular flexibility index (Phi) is 3.31. The van der Waals surface area contributed by atoms with Gasteiger partial charge in [-0.1, -0.05) is 12.1 Å². The van der Waals surface area contributed by atoms with Gasteiger partial charge in [0.1, 0.15) is 11.5 Å². The highest BCUT2D eigenvalue weighted by molar-refractivity contribution is 5.85. The molecule has 0 fully saturated rings. The number of benzene rings is 2. The van der Waals surface area contributed by atoms with E-state index in [2.05, 4.69) is 9.97 Å². The average Bonchev–Trinajstić information content (AvgIpc) is 2.47. The molecule has 5 nitrogen and oxygen atoms in total. The Labute approximate surface area is 122 Å². The van der Waals surface area contributed by atoms with Crippen molar-refractivity contribution in [2.24, 2.45) is 0 Å². The molecule has 0 spiro atoms. The monoisotopic (exact) mass is 281 g/mol. The number of aromatic nitrogens is 2. The molecule has 0 radical (unpaired) electrons. The maximum Gasteiger partial charge on any atom is 0.228 e. The number of nitrogens with zero attached hydrogens (tertiary/aromatic N) is 3. The molecule has 0 atom stereocenters. The number of fused-ring (bicyclic) bond motifs is 1. The quantitative estimate of drug-likeness (QED) is 0.799. The Bertz CT molecular complexity index is 787. The first-order chi connectivity index (χ1) is 10.1. The lowest BCUT2D eigenvalue weighted by Crippen LogP contribution is -2.12. The van der Waals surface area contributed by atoms with Crippen LogP contribution in [0.1, 0.15) is 0 Å². The van der Waals surface area contributed by atoms with E-state index in [1.165, 1.54) is 0 Å². The molecule has 0 unspecified atom stereocenters. The van der Waals surface area contributed by atoms with Gasteiger partial charge in [0.15, 0.2) is 0 Å². The average molecular weight is 281 g/mol. The summed E-state index contributed by atoms with van der Waals surface area (Å²) in [5, 5.41) is 11.5. The molecule has 0 saturated carbocycles. The third-order valence-electron chi connectivity index (χ3n) is 3.04. The number of rotatable bonds is 3. The third-order valence-corrected chi connectivity index (χ3v) is 3.04. The van der Waals surface area contributed by atoms with E-state index >= 15 is 0 Å². The summed E-state index contributed by atoms with van der Waals surface area (Å²) in [5.74, 6) is 1.97. The highest BCUT2D eigenvalue weighted by atomic mass is 16.5. The van der Waals surface area contributed by atoms with Crippen LogP contribution in [-0.4, -0.2) is 29.2 Å². The van der Waals surface area contributed by atoms with Crippen molar-refractivity contribution in [3.05, 3.63) is 48.7 Å². The smallest absolute Gasteiger partial charge is 0.228 e. The molecule has 0 bridgehead atoms. The van der Waals surface area contributed by atoms with E-state index in [9.17, 15) is 5.11 Å². The van der Waals surface area contributed by atoms with Gasteiger partial charge >= 0.3 is 0 Å². The fourth-order valence-corrected chi connectivity index (χ4v) is 2.00. The topological polar surface area (TPSA) is 58.5 Å². The van der Waals surface area contributed by atoms with Crippen LogP contribution in [0.2, 0.25) is 0 Å². The molecule has 5 heteroatoms. The fraction of sp³-hybridized carbons (Fsp3) is 0.125. The second-order valence-electron chi connectivity index (χ2n) is 4.88. The molecular weight excluding hydrogens is 266 g/mol. The fourth-order valence-electron chi connectivity index (χ4n) is 2.00. The number of aromatic hydroxyl groups is 1. The number of anilines is 1. The van der Waals surface area contributed by atoms with Crippen LogP contribution in [0.25, 0.3) is 10.8 Å². The number of hydrogen-bond donors (Lipinski definition) is 1. The van der Waals surface area contributed by atoms with Crippen LogP contribution in [0.4, 0.5) is 5.95 Å². The summed E-state index contributed by atoms with van der Waals surface area (Å²) in [7, 11) is 3.75. The van der Waals surface area contributed by atoms with Gasteiger partial charge in [-0.25, -0.2) is 4.98 Å². The molecule has 21 heavy (non-hydrogen) atoms. The van der Waals surface area contributed by atoms with Crippen molar-refractivity contribution in [2.45, 2.75) is 0 Å². The van der Waals surface area contributed by atoms with Gasteiger partial charge in [-0.3, -0.25) is 0 Å². The minimum atomic E-state index is 0.233. The van der Waals surface area contributed by atoms with E-state index in [0.29, 0.717) is 17.6 Å². The van der Waals surface area contributed by atoms with Gasteiger partial charge in [0.25, 0.3) is 0 Å². The van der Waals surface area contributed by atoms with E-state index < -0.39 is 0 Å². The second kappa shape index (κ2) is 5.28. The summed E-state index contributed by atoms with van der Waals surface area (Å²) >= 11 is 0. The number of ether oxygens (including phenoxy) is 1. The first kappa shape index (κ1) is 13.2. The highest BCUT2D eigenvalue weighted by Gasteiger charge is 2.04. The second-order valence-corrected chi connectivity index (χ2v) is 4.88. The van der Waals surface area contributed by atoms with Crippen LogP contribution in [-0.2, 0) is 0 Å². The van der Waals surface area contributed by atoms with Crippen molar-refractivity contribution in [1.29, 1.82) is 0 Å². The van der Waals surface area contributed by atoms with Crippen LogP contribution in [0.3, 0.4) is 0 Å². The summed E-state index contributed by atoms with van der Waals surface area (Å²) in [6.07, 6.45) is 1.66. The molecule has 106 valence electrons. The molecule has 1 N–H and O–H groups in total. The lowest BCUT2D eigenvalue weighted by Gasteiger charge is -2.11. The predicted octanol–water partition coefficient (Wildman–Crippen LogP) is 3.19. The first-order valence-corrected chi connectivity index (χ1v) is 6.53. The van der Waals surface area contributed by atoms with Crippen molar-refractivity contribution >= 4 is 16.7 Å². The van der Waals surface area contributed by atoms with E-state index in [4.69, 9.17) is 4.74 Å². The van der Waals surface area contributed by atoms with E-state index in [0.717, 1.165) is 10.8 Å². The van der Waals surface area contributed by atoms with Gasteiger partial charge in [-0.15, -0.1) is 0 Å². The van der Waals surface area contributed by atoms with Gasteiger partial charge in [-0.2, -0.15) is 4.98 Å². The molecule has 1 heterocycles. The molecule has 2 aromatic carbocycles. The Morgan fingerprint density at radius 2 is 1.81 bits per heavy atom. The zero-order chi connectivity index (χ0) is 14.8. The third kappa shape index (κ3) is 2.86. The van der Waals surface area contributed by atoms with E-state index in [1.54, 1.807) is 24.4 Å². The van der Waals surface area contributed by atoms with E-state index in [1.807, 2.05) is 43.3 Å². The molecule has 1 aromatic heterocycles. The maximum atomic E-state index is 9.54. The van der Waals surface area contributed by atoms with E-state index in [-0.39, 0.29) is 5.75 Å². The maximum absolute atomic E-state index is 9.54. The first-order valence-electron chi connectivity index (χ1n) is 6.53. The largest absolute Gasteiger partial charge is 0.508 e. The van der Waals surface area contributed by atoms with Crippen molar-refractivity contribution in [3.63, 3.8) is 0 Å². The van der Waals surface area contributed by atoms with Crippen molar-refractivity contribution in [2.75, 3.05) is 19.0 Å². The summed E-state index contributed by atoms with van der Waals surface area (Å²) in [6.45, 7) is 0. The molecular formula is C16H15N3O2. The number of phenolic OH excluding ortho intramolecular Hbond substituents is 1. The van der Waals surface area contributed by atoms with Gasteiger partial charge < -0.3 is 14.7 Å². The Hall–Kier alpha value is -2.82. The zero-order valence-corrected chi connectivity index (χ0v) is 11.8. The highest BCUT2D eigenvalue weighted by Crippen LogP contribution is 2.27. The SMILES string of the molecule is CN(C)c1nccc(Oc2ccc3ccc(O)cc3c2)n1. The van der Waals surface area contributed by atoms with Gasteiger partial charge in [0.2, 0.25) is 11.8 Å². The predicted molar refractivity (Wildman–Crippen MR) is 82.0 cm³/mol. The van der Waals surface area contributed by atoms with Gasteiger partial charge in [0, 0.05) is 26.4 Å². The van der Waals surface area contributed by atoms with Crippen LogP contribution >= 0.6 is 0 Å². The molecule has 3 aromatic rings. The Balaban J connectivity index is 1.92. The minimum Gasteiger partial charge on any atom is -0.508 e. The van der Waals surface area contributed by atoms with Crippen LogP contribution in [0, 0.1) is 0 Å². The summed E-state index contributed by atoms with van der Waals surface area (Å²) in [6, 6.07) is 12.6. The lowest BCUT2D eigenvalue weighted by atomic mass is 10.1. The van der Waals surface area contributed by atoms with Gasteiger partial charge in [-0.05, 0) is 35.0 Å². The normalized spacial score (nSPS) is 10.6. The van der Waals surface area contributed by atoms with Crippen molar-refractivity contribution in [1.82, 2.24) is 9.97 Å². The van der Waals surface area contributed by atoms with Crippen molar-refractivity contribution < 1.29 is 9.84 Å². The van der Waals surface area contributed by atoms with Crippen molar-refractivity contribution in [3.8, 4) is 17.4 Å².